The molecule has 0 aliphatic heterocycles. The van der Waals surface area contributed by atoms with Crippen LogP contribution in [0.2, 0.25) is 0 Å². The van der Waals surface area contributed by atoms with Crippen molar-refractivity contribution in [3.05, 3.63) is 17.7 Å². The maximum atomic E-state index is 11.8. The second-order valence-corrected chi connectivity index (χ2v) is 6.44. The molecule has 1 N–H and O–H groups in total. The van der Waals surface area contributed by atoms with Gasteiger partial charge in [0.05, 0.1) is 59.5 Å². The molecule has 0 saturated heterocycles. The van der Waals surface area contributed by atoms with Crippen molar-refractivity contribution >= 4 is 5.97 Å². The molecule has 1 aromatic rings. The summed E-state index contributed by atoms with van der Waals surface area (Å²) < 4.78 is 48.3. The summed E-state index contributed by atoms with van der Waals surface area (Å²) in [5, 5.41) is 9.62. The van der Waals surface area contributed by atoms with Crippen molar-refractivity contribution in [1.82, 2.24) is 0 Å². The van der Waals surface area contributed by atoms with Gasteiger partial charge in [-0.1, -0.05) is 0 Å². The van der Waals surface area contributed by atoms with Crippen LogP contribution < -0.4 is 14.2 Å². The van der Waals surface area contributed by atoms with Crippen molar-refractivity contribution in [2.45, 2.75) is 0 Å². The lowest BCUT2D eigenvalue weighted by molar-refractivity contribution is 0.0463. The van der Waals surface area contributed by atoms with Crippen molar-refractivity contribution in [2.75, 3.05) is 101 Å². The number of hydrogen-bond donors (Lipinski definition) is 1. The summed E-state index contributed by atoms with van der Waals surface area (Å²) in [5.74, 6) is -0.574. The highest BCUT2D eigenvalue weighted by atomic mass is 16.6. The highest BCUT2D eigenvalue weighted by molar-refractivity contribution is 5.92. The van der Waals surface area contributed by atoms with Crippen molar-refractivity contribution in [1.29, 1.82) is 0 Å². The molecule has 0 bridgehead atoms. The molecule has 0 unspecified atom stereocenters. The van der Waals surface area contributed by atoms with E-state index in [2.05, 4.69) is 0 Å². The van der Waals surface area contributed by atoms with Gasteiger partial charge in [-0.25, -0.2) is 4.79 Å². The first-order valence-corrected chi connectivity index (χ1v) is 10.6. The SMILES string of the molecule is COCCOCCOc1ccc(C(=O)O)c(OCCOCCOC)c1OCCOCCOC. The van der Waals surface area contributed by atoms with Crippen molar-refractivity contribution in [2.24, 2.45) is 0 Å². The number of carboxylic acids is 1. The molecule has 0 aliphatic carbocycles. The average molecular weight is 477 g/mol. The van der Waals surface area contributed by atoms with Gasteiger partial charge in [-0.3, -0.25) is 0 Å². The quantitative estimate of drug-likeness (QED) is 0.245. The Morgan fingerprint density at radius 2 is 1.03 bits per heavy atom. The average Bonchev–Trinajstić information content (AvgIpc) is 2.81. The topological polar surface area (TPSA) is 120 Å². The molecule has 0 radical (unpaired) electrons. The van der Waals surface area contributed by atoms with E-state index >= 15 is 0 Å². The molecule has 1 rings (SSSR count). The Labute approximate surface area is 194 Å². The summed E-state index contributed by atoms with van der Waals surface area (Å²) in [4.78, 5) is 11.8. The predicted octanol–water partition coefficient (Wildman–Crippen LogP) is 1.51. The number of rotatable bonds is 22. The minimum atomic E-state index is -1.15. The molecular weight excluding hydrogens is 440 g/mol. The molecule has 0 spiro atoms. The number of ether oxygens (including phenoxy) is 9. The van der Waals surface area contributed by atoms with Crippen molar-refractivity contribution in [3.63, 3.8) is 0 Å². The second-order valence-electron chi connectivity index (χ2n) is 6.44. The molecule has 11 heteroatoms. The fourth-order valence-corrected chi connectivity index (χ4v) is 2.46. The van der Waals surface area contributed by atoms with Crippen LogP contribution >= 0.6 is 0 Å². The standard InChI is InChI=1S/C22H36O11/c1-25-6-9-28-12-15-31-19-5-4-18(22(23)24)20(32-16-13-29-10-7-26-2)21(19)33-17-14-30-11-8-27-3/h4-5H,6-17H2,1-3H3,(H,23,24). The Bertz CT molecular complexity index is 639. The molecule has 1 aromatic carbocycles. The normalized spacial score (nSPS) is 10.9. The first-order chi connectivity index (χ1) is 16.2. The number of aromatic carboxylic acids is 1. The smallest absolute Gasteiger partial charge is 0.339 e. The van der Waals surface area contributed by atoms with Gasteiger partial charge in [0.25, 0.3) is 0 Å². The first-order valence-electron chi connectivity index (χ1n) is 10.6. The van der Waals surface area contributed by atoms with Gasteiger partial charge in [0.1, 0.15) is 25.4 Å². The number of carboxylic acid groups (broad SMARTS) is 1. The molecule has 190 valence electrons. The van der Waals surface area contributed by atoms with E-state index in [1.165, 1.54) is 12.1 Å². The van der Waals surface area contributed by atoms with Crippen LogP contribution in [0.15, 0.2) is 12.1 Å². The summed E-state index contributed by atoms with van der Waals surface area (Å²) in [6, 6.07) is 2.94. The number of methoxy groups -OCH3 is 3. The highest BCUT2D eigenvalue weighted by Crippen LogP contribution is 2.40. The van der Waals surface area contributed by atoms with Gasteiger partial charge >= 0.3 is 5.97 Å². The summed E-state index contributed by atoms with van der Waals surface area (Å²) in [7, 11) is 4.76. The molecule has 0 heterocycles. The number of hydrogen-bond acceptors (Lipinski definition) is 10. The van der Waals surface area contributed by atoms with E-state index in [0.29, 0.717) is 52.0 Å². The third-order valence-electron chi connectivity index (χ3n) is 4.04. The zero-order valence-electron chi connectivity index (χ0n) is 19.7. The lowest BCUT2D eigenvalue weighted by atomic mass is 10.1. The summed E-state index contributed by atoms with van der Waals surface area (Å²) >= 11 is 0. The molecule has 0 atom stereocenters. The molecule has 0 aromatic heterocycles. The van der Waals surface area contributed by atoms with Crippen LogP contribution in [0.1, 0.15) is 10.4 Å². The maximum absolute atomic E-state index is 11.8. The summed E-state index contributed by atoms with van der Waals surface area (Å²) in [5.41, 5.74) is -0.0501. The van der Waals surface area contributed by atoms with Crippen LogP contribution in [0.3, 0.4) is 0 Å². The van der Waals surface area contributed by atoms with Gasteiger partial charge in [0, 0.05) is 21.3 Å². The monoisotopic (exact) mass is 476 g/mol. The fourth-order valence-electron chi connectivity index (χ4n) is 2.46. The minimum absolute atomic E-state index is 0.0501. The Morgan fingerprint density at radius 1 is 0.606 bits per heavy atom. The predicted molar refractivity (Wildman–Crippen MR) is 118 cm³/mol. The molecular formula is C22H36O11. The van der Waals surface area contributed by atoms with Gasteiger partial charge in [-0.2, -0.15) is 0 Å². The number of carbonyl (C=O) groups is 1. The zero-order valence-corrected chi connectivity index (χ0v) is 19.7. The van der Waals surface area contributed by atoms with Crippen LogP contribution in [0.4, 0.5) is 0 Å². The maximum Gasteiger partial charge on any atom is 0.339 e. The Balaban J connectivity index is 2.86. The second kappa shape index (κ2) is 19.3. The van der Waals surface area contributed by atoms with Crippen molar-refractivity contribution < 1.29 is 52.5 Å². The fraction of sp³-hybridized carbons (Fsp3) is 0.682. The summed E-state index contributed by atoms with van der Waals surface area (Å²) in [6.45, 7) is 4.02. The van der Waals surface area contributed by atoms with E-state index < -0.39 is 5.97 Å². The van der Waals surface area contributed by atoms with Crippen molar-refractivity contribution in [3.8, 4) is 17.2 Å². The molecule has 0 amide bonds. The lowest BCUT2D eigenvalue weighted by Crippen LogP contribution is -2.16. The van der Waals surface area contributed by atoms with E-state index in [9.17, 15) is 9.90 Å². The van der Waals surface area contributed by atoms with Gasteiger partial charge in [0.2, 0.25) is 5.75 Å². The Hall–Kier alpha value is -2.15. The van der Waals surface area contributed by atoms with E-state index in [-0.39, 0.29) is 50.1 Å². The van der Waals surface area contributed by atoms with Crippen LogP contribution in [-0.2, 0) is 28.4 Å². The highest BCUT2D eigenvalue weighted by Gasteiger charge is 2.22. The van der Waals surface area contributed by atoms with Gasteiger partial charge in [0.15, 0.2) is 11.5 Å². The molecule has 11 nitrogen and oxygen atoms in total. The summed E-state index contributed by atoms with van der Waals surface area (Å²) in [6.07, 6.45) is 0. The van der Waals surface area contributed by atoms with E-state index in [1.54, 1.807) is 21.3 Å². The van der Waals surface area contributed by atoms with Gasteiger partial charge < -0.3 is 47.7 Å². The van der Waals surface area contributed by atoms with Crippen LogP contribution in [-0.4, -0.2) is 112 Å². The van der Waals surface area contributed by atoms with E-state index in [1.807, 2.05) is 0 Å². The lowest BCUT2D eigenvalue weighted by Gasteiger charge is -2.19. The molecule has 0 saturated carbocycles. The Kier molecular flexibility index (Phi) is 16.9. The molecule has 0 aliphatic rings. The first kappa shape index (κ1) is 28.9. The minimum Gasteiger partial charge on any atom is -0.487 e. The van der Waals surface area contributed by atoms with Crippen LogP contribution in [0, 0.1) is 0 Å². The largest absolute Gasteiger partial charge is 0.487 e. The molecule has 0 fully saturated rings. The Morgan fingerprint density at radius 3 is 1.48 bits per heavy atom. The van der Waals surface area contributed by atoms with E-state index in [4.69, 9.17) is 42.6 Å². The zero-order chi connectivity index (χ0) is 24.2. The molecule has 33 heavy (non-hydrogen) atoms. The van der Waals surface area contributed by atoms with Gasteiger partial charge in [-0.15, -0.1) is 0 Å². The third-order valence-corrected chi connectivity index (χ3v) is 4.04. The van der Waals surface area contributed by atoms with Crippen LogP contribution in [0.5, 0.6) is 17.2 Å². The number of benzene rings is 1. The third kappa shape index (κ3) is 12.6. The van der Waals surface area contributed by atoms with E-state index in [0.717, 1.165) is 0 Å². The van der Waals surface area contributed by atoms with Crippen LogP contribution in [0.25, 0.3) is 0 Å². The van der Waals surface area contributed by atoms with Gasteiger partial charge in [-0.05, 0) is 12.1 Å².